The van der Waals surface area contributed by atoms with Crippen molar-refractivity contribution in [3.63, 3.8) is 0 Å². The van der Waals surface area contributed by atoms with Crippen molar-refractivity contribution in [2.24, 2.45) is 29.1 Å². The summed E-state index contributed by atoms with van der Waals surface area (Å²) >= 11 is 0. The van der Waals surface area contributed by atoms with Crippen LogP contribution in [0.4, 0.5) is 0 Å². The van der Waals surface area contributed by atoms with Crippen LogP contribution in [-0.2, 0) is 11.2 Å². The number of aromatic hydroxyl groups is 1. The zero-order valence-electron chi connectivity index (χ0n) is 15.6. The Balaban J connectivity index is 1.67. The SMILES string of the molecule is COc1cc2c(cc1O)CCC1C2CC[C@@]2(C)C1CCC2[C@@H](C)C=O. The third-order valence-electron chi connectivity index (χ3n) is 7.95. The lowest BCUT2D eigenvalue weighted by molar-refractivity contribution is -0.114. The van der Waals surface area contributed by atoms with Gasteiger partial charge in [-0.15, -0.1) is 0 Å². The minimum absolute atomic E-state index is 0.180. The molecular formula is C22H30O3. The second kappa shape index (κ2) is 6.03. The Morgan fingerprint density at radius 3 is 2.80 bits per heavy atom. The number of phenols is 1. The molecule has 136 valence electrons. The summed E-state index contributed by atoms with van der Waals surface area (Å²) in [5, 5.41) is 10.1. The minimum Gasteiger partial charge on any atom is -0.504 e. The first kappa shape index (κ1) is 16.9. The smallest absolute Gasteiger partial charge is 0.160 e. The number of hydrogen-bond donors (Lipinski definition) is 1. The molecule has 4 rings (SSSR count). The van der Waals surface area contributed by atoms with Gasteiger partial charge < -0.3 is 14.6 Å². The van der Waals surface area contributed by atoms with E-state index >= 15 is 0 Å². The highest BCUT2D eigenvalue weighted by Gasteiger charge is 2.55. The Labute approximate surface area is 150 Å². The molecule has 4 unspecified atom stereocenters. The summed E-state index contributed by atoms with van der Waals surface area (Å²) in [5.41, 5.74) is 3.03. The van der Waals surface area contributed by atoms with Gasteiger partial charge >= 0.3 is 0 Å². The first-order chi connectivity index (χ1) is 12.0. The molecule has 25 heavy (non-hydrogen) atoms. The number of aldehydes is 1. The maximum absolute atomic E-state index is 11.4. The van der Waals surface area contributed by atoms with Gasteiger partial charge in [0.1, 0.15) is 6.29 Å². The molecule has 3 nitrogen and oxygen atoms in total. The van der Waals surface area contributed by atoms with Gasteiger partial charge in [0, 0.05) is 5.92 Å². The number of ether oxygens (including phenoxy) is 1. The van der Waals surface area contributed by atoms with Crippen LogP contribution in [0.2, 0.25) is 0 Å². The molecule has 0 aliphatic heterocycles. The summed E-state index contributed by atoms with van der Waals surface area (Å²) in [7, 11) is 1.63. The molecule has 2 saturated carbocycles. The number of benzene rings is 1. The van der Waals surface area contributed by atoms with Crippen LogP contribution in [0.3, 0.4) is 0 Å². The third kappa shape index (κ3) is 2.42. The Bertz CT molecular complexity index is 682. The molecule has 3 aliphatic carbocycles. The van der Waals surface area contributed by atoms with Crippen LogP contribution in [0.25, 0.3) is 0 Å². The number of phenolic OH excluding ortho intramolecular Hbond substituents is 1. The summed E-state index contributed by atoms with van der Waals surface area (Å²) in [5.74, 6) is 3.62. The first-order valence-corrected chi connectivity index (χ1v) is 9.84. The van der Waals surface area contributed by atoms with E-state index in [-0.39, 0.29) is 11.7 Å². The Hall–Kier alpha value is -1.51. The third-order valence-corrected chi connectivity index (χ3v) is 7.95. The topological polar surface area (TPSA) is 46.5 Å². The Kier molecular flexibility index (Phi) is 4.09. The van der Waals surface area contributed by atoms with Crippen molar-refractivity contribution in [2.45, 2.75) is 58.3 Å². The summed E-state index contributed by atoms with van der Waals surface area (Å²) in [4.78, 5) is 11.4. The van der Waals surface area contributed by atoms with Crippen molar-refractivity contribution in [3.05, 3.63) is 23.3 Å². The number of aryl methyl sites for hydroxylation is 1. The second-order valence-corrected chi connectivity index (χ2v) is 8.86. The van der Waals surface area contributed by atoms with Crippen molar-refractivity contribution < 1.29 is 14.6 Å². The van der Waals surface area contributed by atoms with E-state index in [1.165, 1.54) is 49.5 Å². The van der Waals surface area contributed by atoms with Gasteiger partial charge in [0.05, 0.1) is 7.11 Å². The molecule has 1 N–H and O–H groups in total. The molecule has 0 spiro atoms. The molecule has 2 fully saturated rings. The fourth-order valence-corrected chi connectivity index (χ4v) is 6.75. The molecule has 0 heterocycles. The van der Waals surface area contributed by atoms with Gasteiger partial charge in [0.2, 0.25) is 0 Å². The van der Waals surface area contributed by atoms with Crippen LogP contribution in [0.15, 0.2) is 12.1 Å². The quantitative estimate of drug-likeness (QED) is 0.809. The van der Waals surface area contributed by atoms with Crippen LogP contribution in [0.5, 0.6) is 11.5 Å². The number of methoxy groups -OCH3 is 1. The number of hydrogen-bond acceptors (Lipinski definition) is 3. The van der Waals surface area contributed by atoms with Gasteiger partial charge in [-0.05, 0) is 90.9 Å². The van der Waals surface area contributed by atoms with E-state index in [1.54, 1.807) is 7.11 Å². The highest BCUT2D eigenvalue weighted by atomic mass is 16.5. The van der Waals surface area contributed by atoms with Crippen molar-refractivity contribution in [1.82, 2.24) is 0 Å². The molecule has 3 heteroatoms. The molecule has 0 amide bonds. The fourth-order valence-electron chi connectivity index (χ4n) is 6.75. The van der Waals surface area contributed by atoms with Crippen LogP contribution >= 0.6 is 0 Å². The number of carbonyl (C=O) groups is 1. The van der Waals surface area contributed by atoms with Crippen LogP contribution in [-0.4, -0.2) is 18.5 Å². The van der Waals surface area contributed by atoms with Gasteiger partial charge in [-0.1, -0.05) is 13.8 Å². The van der Waals surface area contributed by atoms with E-state index in [9.17, 15) is 9.90 Å². The van der Waals surface area contributed by atoms with Gasteiger partial charge in [-0.3, -0.25) is 0 Å². The lowest BCUT2D eigenvalue weighted by atomic mass is 9.53. The summed E-state index contributed by atoms with van der Waals surface area (Å²) in [6, 6.07) is 4.01. The molecule has 3 aliphatic rings. The van der Waals surface area contributed by atoms with E-state index in [1.807, 2.05) is 6.07 Å². The van der Waals surface area contributed by atoms with Crippen molar-refractivity contribution >= 4 is 6.29 Å². The van der Waals surface area contributed by atoms with Crippen LogP contribution in [0.1, 0.15) is 63.0 Å². The molecule has 1 aromatic carbocycles. The summed E-state index contributed by atoms with van der Waals surface area (Å²) in [6.45, 7) is 4.57. The molecule has 0 saturated heterocycles. The Morgan fingerprint density at radius 1 is 1.28 bits per heavy atom. The van der Waals surface area contributed by atoms with Crippen molar-refractivity contribution in [1.29, 1.82) is 0 Å². The Morgan fingerprint density at radius 2 is 2.08 bits per heavy atom. The molecular weight excluding hydrogens is 312 g/mol. The van der Waals surface area contributed by atoms with E-state index in [2.05, 4.69) is 19.9 Å². The first-order valence-electron chi connectivity index (χ1n) is 9.84. The molecule has 1 aromatic rings. The average Bonchev–Trinajstić information content (AvgIpc) is 2.97. The standard InChI is InChI=1S/C22H30O3/c1-13(12-23)18-6-7-19-16-5-4-14-10-20(24)21(25-3)11-17(14)15(16)8-9-22(18,19)2/h10-13,15-16,18-19,24H,4-9H2,1-3H3/t13-,15?,16?,18?,19?,22+/m0/s1. The maximum atomic E-state index is 11.4. The lowest BCUT2D eigenvalue weighted by Gasteiger charge is -2.51. The van der Waals surface area contributed by atoms with Crippen LogP contribution in [0, 0.1) is 29.1 Å². The number of fused-ring (bicyclic) bond motifs is 5. The van der Waals surface area contributed by atoms with E-state index in [4.69, 9.17) is 4.74 Å². The highest BCUT2D eigenvalue weighted by Crippen LogP contribution is 2.64. The molecule has 0 aromatic heterocycles. The fraction of sp³-hybridized carbons (Fsp3) is 0.682. The monoisotopic (exact) mass is 342 g/mol. The van der Waals surface area contributed by atoms with E-state index in [0.29, 0.717) is 28.9 Å². The predicted molar refractivity (Wildman–Crippen MR) is 98.0 cm³/mol. The maximum Gasteiger partial charge on any atom is 0.160 e. The molecule has 6 atom stereocenters. The van der Waals surface area contributed by atoms with Gasteiger partial charge in [-0.25, -0.2) is 0 Å². The van der Waals surface area contributed by atoms with Crippen LogP contribution < -0.4 is 4.74 Å². The largest absolute Gasteiger partial charge is 0.504 e. The highest BCUT2D eigenvalue weighted by molar-refractivity contribution is 5.54. The molecule has 0 bridgehead atoms. The van der Waals surface area contributed by atoms with Crippen molar-refractivity contribution in [3.8, 4) is 11.5 Å². The normalized spacial score (nSPS) is 37.6. The average molecular weight is 342 g/mol. The minimum atomic E-state index is 0.180. The summed E-state index contributed by atoms with van der Waals surface area (Å²) < 4.78 is 5.37. The van der Waals surface area contributed by atoms with Gasteiger partial charge in [-0.2, -0.15) is 0 Å². The van der Waals surface area contributed by atoms with E-state index < -0.39 is 0 Å². The van der Waals surface area contributed by atoms with E-state index in [0.717, 1.165) is 12.3 Å². The second-order valence-electron chi connectivity index (χ2n) is 8.86. The zero-order chi connectivity index (χ0) is 17.8. The van der Waals surface area contributed by atoms with Gasteiger partial charge in [0.25, 0.3) is 0 Å². The molecule has 0 radical (unpaired) electrons. The zero-order valence-corrected chi connectivity index (χ0v) is 15.6. The van der Waals surface area contributed by atoms with Gasteiger partial charge in [0.15, 0.2) is 11.5 Å². The predicted octanol–water partition coefficient (Wildman–Crippen LogP) is 4.71. The number of carbonyl (C=O) groups excluding carboxylic acids is 1. The number of rotatable bonds is 3. The summed E-state index contributed by atoms with van der Waals surface area (Å²) in [6.07, 6.45) is 8.32. The lowest BCUT2D eigenvalue weighted by Crippen LogP contribution is -2.43. The van der Waals surface area contributed by atoms with Crippen molar-refractivity contribution in [2.75, 3.05) is 7.11 Å².